The first-order valence-corrected chi connectivity index (χ1v) is 13.2. The molecular formula is C30H34N4O4. The van der Waals surface area contributed by atoms with Crippen molar-refractivity contribution in [3.63, 3.8) is 0 Å². The molecule has 0 saturated carbocycles. The molecule has 38 heavy (non-hydrogen) atoms. The van der Waals surface area contributed by atoms with Crippen molar-refractivity contribution in [1.82, 2.24) is 10.2 Å². The molecule has 0 radical (unpaired) electrons. The van der Waals surface area contributed by atoms with Crippen LogP contribution >= 0.6 is 0 Å². The summed E-state index contributed by atoms with van der Waals surface area (Å²) in [6.07, 6.45) is 3.83. The summed E-state index contributed by atoms with van der Waals surface area (Å²) in [5.74, 6) is 1.47. The van der Waals surface area contributed by atoms with Crippen molar-refractivity contribution in [2.45, 2.75) is 37.4 Å². The molecule has 1 aromatic heterocycles. The summed E-state index contributed by atoms with van der Waals surface area (Å²) in [5.41, 5.74) is 3.96. The van der Waals surface area contributed by atoms with E-state index in [2.05, 4.69) is 51.5 Å². The predicted molar refractivity (Wildman–Crippen MR) is 143 cm³/mol. The molecule has 2 aliphatic rings. The quantitative estimate of drug-likeness (QED) is 0.385. The highest BCUT2D eigenvalue weighted by molar-refractivity contribution is 5.51. The van der Waals surface area contributed by atoms with E-state index in [0.29, 0.717) is 17.5 Å². The number of hydrogen-bond donors (Lipinski definition) is 0. The van der Waals surface area contributed by atoms with Crippen molar-refractivity contribution in [3.8, 4) is 17.7 Å². The van der Waals surface area contributed by atoms with Gasteiger partial charge in [0.2, 0.25) is 5.88 Å². The lowest BCUT2D eigenvalue weighted by Gasteiger charge is -2.39. The van der Waals surface area contributed by atoms with Gasteiger partial charge in [-0.2, -0.15) is 5.26 Å². The predicted octanol–water partition coefficient (Wildman–Crippen LogP) is 5.07. The number of anilines is 1. The molecule has 0 unspecified atom stereocenters. The normalized spacial score (nSPS) is 17.8. The number of nitriles is 1. The van der Waals surface area contributed by atoms with Crippen LogP contribution in [0.2, 0.25) is 0 Å². The summed E-state index contributed by atoms with van der Waals surface area (Å²) in [7, 11) is 3.44. The van der Waals surface area contributed by atoms with Crippen molar-refractivity contribution in [2.75, 3.05) is 45.4 Å². The maximum absolute atomic E-state index is 8.90. The summed E-state index contributed by atoms with van der Waals surface area (Å²) >= 11 is 0. The molecule has 198 valence electrons. The highest BCUT2D eigenvalue weighted by Crippen LogP contribution is 2.42. The Bertz CT molecular complexity index is 1210. The number of rotatable bonds is 8. The second-order valence-corrected chi connectivity index (χ2v) is 9.90. The number of methoxy groups -OCH3 is 2. The SMILES string of the molecule is COC(OC)C1CCN(c2ccc(C3(c4ccc(Oc5ccc(C#N)nn5)cc4)CCOCC3)cc2)CC1. The minimum atomic E-state index is -0.123. The molecule has 3 heterocycles. The number of ether oxygens (including phenoxy) is 4. The fourth-order valence-corrected chi connectivity index (χ4v) is 5.76. The van der Waals surface area contributed by atoms with Gasteiger partial charge in [0.1, 0.15) is 11.8 Å². The van der Waals surface area contributed by atoms with Crippen LogP contribution < -0.4 is 9.64 Å². The van der Waals surface area contributed by atoms with Gasteiger partial charge < -0.3 is 23.8 Å². The van der Waals surface area contributed by atoms with Gasteiger partial charge in [0, 0.05) is 63.6 Å². The Morgan fingerprint density at radius 2 is 1.53 bits per heavy atom. The third-order valence-corrected chi connectivity index (χ3v) is 7.90. The van der Waals surface area contributed by atoms with E-state index in [1.807, 2.05) is 18.2 Å². The van der Waals surface area contributed by atoms with Gasteiger partial charge >= 0.3 is 0 Å². The van der Waals surface area contributed by atoms with Crippen LogP contribution in [-0.2, 0) is 19.6 Å². The Morgan fingerprint density at radius 3 is 2.08 bits per heavy atom. The van der Waals surface area contributed by atoms with E-state index < -0.39 is 0 Å². The molecule has 0 amide bonds. The van der Waals surface area contributed by atoms with Crippen molar-refractivity contribution in [2.24, 2.45) is 5.92 Å². The Balaban J connectivity index is 1.31. The maximum Gasteiger partial charge on any atom is 0.238 e. The van der Waals surface area contributed by atoms with Crippen molar-refractivity contribution in [1.29, 1.82) is 5.26 Å². The molecule has 0 spiro atoms. The maximum atomic E-state index is 8.90. The van der Waals surface area contributed by atoms with Crippen molar-refractivity contribution < 1.29 is 18.9 Å². The topological polar surface area (TPSA) is 89.7 Å². The lowest BCUT2D eigenvalue weighted by molar-refractivity contribution is -0.141. The van der Waals surface area contributed by atoms with E-state index in [1.54, 1.807) is 26.4 Å². The van der Waals surface area contributed by atoms with Crippen LogP contribution in [0, 0.1) is 17.2 Å². The van der Waals surface area contributed by atoms with Crippen LogP contribution in [0.4, 0.5) is 5.69 Å². The van der Waals surface area contributed by atoms with E-state index in [0.717, 1.165) is 52.0 Å². The fraction of sp³-hybridized carbons (Fsp3) is 0.433. The number of nitrogens with zero attached hydrogens (tertiary/aromatic N) is 4. The van der Waals surface area contributed by atoms with Gasteiger partial charge in [-0.15, -0.1) is 10.2 Å². The van der Waals surface area contributed by atoms with Gasteiger partial charge in [-0.1, -0.05) is 24.3 Å². The molecule has 2 saturated heterocycles. The zero-order valence-corrected chi connectivity index (χ0v) is 22.0. The molecule has 2 aliphatic heterocycles. The second-order valence-electron chi connectivity index (χ2n) is 9.90. The summed E-state index contributed by atoms with van der Waals surface area (Å²) in [6.45, 7) is 3.46. The van der Waals surface area contributed by atoms with E-state index in [-0.39, 0.29) is 17.4 Å². The standard InChI is InChI=1S/C30H34N4O4/c1-35-29(36-2)22-13-17-34(18-14-22)26-8-3-23(4-9-26)30(15-19-37-20-16-30)24-5-10-27(11-6-24)38-28-12-7-25(21-31)32-33-28/h3-12,22,29H,13-20H2,1-2H3. The number of hydrogen-bond acceptors (Lipinski definition) is 8. The fourth-order valence-electron chi connectivity index (χ4n) is 5.76. The second kappa shape index (κ2) is 11.9. The van der Waals surface area contributed by atoms with Gasteiger partial charge in [0.15, 0.2) is 12.0 Å². The zero-order valence-electron chi connectivity index (χ0n) is 22.0. The van der Waals surface area contributed by atoms with Gasteiger partial charge in [-0.05, 0) is 67.1 Å². The molecule has 0 atom stereocenters. The van der Waals surface area contributed by atoms with Crippen molar-refractivity contribution >= 4 is 5.69 Å². The molecule has 0 aliphatic carbocycles. The Labute approximate surface area is 224 Å². The number of aromatic nitrogens is 2. The smallest absolute Gasteiger partial charge is 0.238 e. The van der Waals surface area contributed by atoms with Crippen LogP contribution in [0.15, 0.2) is 60.7 Å². The average Bonchev–Trinajstić information content (AvgIpc) is 2.99. The Hall–Kier alpha value is -3.51. The Kier molecular flexibility index (Phi) is 8.18. The molecule has 3 aromatic rings. The van der Waals surface area contributed by atoms with Crippen LogP contribution in [0.5, 0.6) is 11.6 Å². The first-order valence-electron chi connectivity index (χ1n) is 13.2. The van der Waals surface area contributed by atoms with Gasteiger partial charge in [-0.3, -0.25) is 0 Å². The van der Waals surface area contributed by atoms with Gasteiger partial charge in [0.05, 0.1) is 0 Å². The molecule has 2 aromatic carbocycles. The van der Waals surface area contributed by atoms with Crippen LogP contribution in [0.1, 0.15) is 42.5 Å². The first kappa shape index (κ1) is 26.1. The van der Waals surface area contributed by atoms with Crippen LogP contribution in [0.3, 0.4) is 0 Å². The van der Waals surface area contributed by atoms with Crippen LogP contribution in [-0.4, -0.2) is 57.0 Å². The largest absolute Gasteiger partial charge is 0.438 e. The van der Waals surface area contributed by atoms with E-state index >= 15 is 0 Å². The Morgan fingerprint density at radius 1 is 0.895 bits per heavy atom. The molecule has 8 nitrogen and oxygen atoms in total. The average molecular weight is 515 g/mol. The molecule has 8 heteroatoms. The lowest BCUT2D eigenvalue weighted by atomic mass is 9.69. The van der Waals surface area contributed by atoms with Gasteiger partial charge in [-0.25, -0.2) is 0 Å². The third-order valence-electron chi connectivity index (χ3n) is 7.90. The monoisotopic (exact) mass is 514 g/mol. The molecular weight excluding hydrogens is 480 g/mol. The summed E-state index contributed by atoms with van der Waals surface area (Å²) < 4.78 is 22.6. The highest BCUT2D eigenvalue weighted by atomic mass is 16.7. The van der Waals surface area contributed by atoms with Crippen molar-refractivity contribution in [3.05, 3.63) is 77.5 Å². The van der Waals surface area contributed by atoms with E-state index in [9.17, 15) is 0 Å². The summed E-state index contributed by atoms with van der Waals surface area (Å²) in [6, 6.07) is 22.5. The highest BCUT2D eigenvalue weighted by Gasteiger charge is 2.36. The molecule has 0 bridgehead atoms. The van der Waals surface area contributed by atoms with E-state index in [4.69, 9.17) is 24.2 Å². The van der Waals surface area contributed by atoms with E-state index in [1.165, 1.54) is 16.8 Å². The first-order chi connectivity index (χ1) is 18.6. The van der Waals surface area contributed by atoms with Gasteiger partial charge in [0.25, 0.3) is 0 Å². The summed E-state index contributed by atoms with van der Waals surface area (Å²) in [5, 5.41) is 16.7. The minimum Gasteiger partial charge on any atom is -0.438 e. The number of piperidine rings is 1. The number of benzene rings is 2. The third kappa shape index (κ3) is 5.51. The molecule has 0 N–H and O–H groups in total. The molecule has 2 fully saturated rings. The van der Waals surface area contributed by atoms with Crippen LogP contribution in [0.25, 0.3) is 0 Å². The lowest BCUT2D eigenvalue weighted by Crippen LogP contribution is -2.39. The molecule has 5 rings (SSSR count). The minimum absolute atomic E-state index is 0.110. The zero-order chi connectivity index (χ0) is 26.4. The summed E-state index contributed by atoms with van der Waals surface area (Å²) in [4.78, 5) is 2.46.